The predicted molar refractivity (Wildman–Crippen MR) is 185 cm³/mol. The number of carboxylic acid groups (broad SMARTS) is 1. The fourth-order valence-corrected chi connectivity index (χ4v) is 8.14. The number of hydrogen-bond acceptors (Lipinski definition) is 20. The van der Waals surface area contributed by atoms with E-state index in [1.54, 1.807) is 0 Å². The molecule has 1 saturated heterocycles. The number of carboxylic acids is 1. The summed E-state index contributed by atoms with van der Waals surface area (Å²) in [5.41, 5.74) is 4.17. The Labute approximate surface area is 319 Å². The zero-order valence-corrected chi connectivity index (χ0v) is 32.7. The second kappa shape index (κ2) is 19.6. The lowest BCUT2D eigenvalue weighted by molar-refractivity contribution is -0.148. The topological polar surface area (TPSA) is 421 Å². The molecule has 0 bridgehead atoms. The summed E-state index contributed by atoms with van der Waals surface area (Å²) >= 11 is 0.693. The molecule has 8 atom stereocenters. The van der Waals surface area contributed by atoms with Crippen molar-refractivity contribution >= 4 is 75.1 Å². The van der Waals surface area contributed by atoms with Gasteiger partial charge in [-0.05, 0) is 0 Å². The Kier molecular flexibility index (Phi) is 16.6. The summed E-state index contributed by atoms with van der Waals surface area (Å²) in [4.78, 5) is 97.5. The molecule has 31 heteroatoms. The first kappa shape index (κ1) is 47.4. The predicted octanol–water partition coefficient (Wildman–Crippen LogP) is -2.50. The summed E-state index contributed by atoms with van der Waals surface area (Å²) in [5.74, 6) is -3.15. The number of nitrogen functional groups attached to an aromatic ring is 1. The molecule has 8 unspecified atom stereocenters. The van der Waals surface area contributed by atoms with Crippen LogP contribution in [0, 0.1) is 5.41 Å². The number of phosphoric acid groups is 3. The van der Waals surface area contributed by atoms with Crippen molar-refractivity contribution < 1.29 is 95.5 Å². The van der Waals surface area contributed by atoms with E-state index < -0.39 is 108 Å². The number of nitrogens with zero attached hydrogens (tertiary/aromatic N) is 4. The minimum Gasteiger partial charge on any atom is -0.479 e. The molecular formula is C25H40N7O20P3S. The van der Waals surface area contributed by atoms with Crippen LogP contribution in [0.25, 0.3) is 11.2 Å². The Hall–Kier alpha value is -3.01. The summed E-state index contributed by atoms with van der Waals surface area (Å²) in [6, 6.07) is 0. The molecule has 1 aliphatic heterocycles. The van der Waals surface area contributed by atoms with Crippen LogP contribution in [0.2, 0.25) is 0 Å². The fourth-order valence-electron chi connectivity index (χ4n) is 4.60. The van der Waals surface area contributed by atoms with Crippen molar-refractivity contribution in [2.45, 2.75) is 63.4 Å². The third kappa shape index (κ3) is 14.1. The van der Waals surface area contributed by atoms with Gasteiger partial charge < -0.3 is 61.1 Å². The van der Waals surface area contributed by atoms with Crippen LogP contribution in [0.15, 0.2) is 12.7 Å². The van der Waals surface area contributed by atoms with E-state index >= 15 is 0 Å². The van der Waals surface area contributed by atoms with Gasteiger partial charge in [-0.25, -0.2) is 33.4 Å². The molecular weight excluding hydrogens is 843 g/mol. The first-order valence-corrected chi connectivity index (χ1v) is 21.3. The number of aliphatic carboxylic acids is 1. The molecule has 1 fully saturated rings. The molecule has 3 rings (SSSR count). The number of aromatic nitrogens is 4. The van der Waals surface area contributed by atoms with Crippen molar-refractivity contribution in [1.29, 1.82) is 0 Å². The molecule has 0 saturated carbocycles. The first-order chi connectivity index (χ1) is 25.8. The van der Waals surface area contributed by atoms with E-state index in [0.717, 1.165) is 17.2 Å². The first-order valence-electron chi connectivity index (χ1n) is 15.8. The second-order valence-corrected chi connectivity index (χ2v) is 17.7. The van der Waals surface area contributed by atoms with Gasteiger partial charge in [-0.1, -0.05) is 25.6 Å². The maximum atomic E-state index is 12.6. The van der Waals surface area contributed by atoms with Crippen molar-refractivity contribution in [3.63, 3.8) is 0 Å². The average Bonchev–Trinajstić information content (AvgIpc) is 3.64. The fraction of sp³-hybridized carbons (Fsp3) is 0.640. The number of imidazole rings is 1. The van der Waals surface area contributed by atoms with Crippen LogP contribution in [0.5, 0.6) is 0 Å². The number of aliphatic hydroxyl groups excluding tert-OH is 3. The molecule has 316 valence electrons. The SMILES string of the molecule is CC(C)(COP(=O)(O)OP(=O)(O)OCC1OC(n2cnc3c(N)ncnc32)C(O)C1OP(=O)(O)O)C(O)C(=O)NCCC(=O)NCCSC(=O)CC(O)C(=O)O. The van der Waals surface area contributed by atoms with Gasteiger partial charge >= 0.3 is 29.4 Å². The van der Waals surface area contributed by atoms with Crippen molar-refractivity contribution in [2.24, 2.45) is 5.41 Å². The van der Waals surface area contributed by atoms with Crippen molar-refractivity contribution in [3.8, 4) is 0 Å². The average molecular weight is 884 g/mol. The monoisotopic (exact) mass is 883 g/mol. The number of anilines is 1. The van der Waals surface area contributed by atoms with Gasteiger partial charge in [0.15, 0.2) is 28.9 Å². The number of nitrogens with one attached hydrogen (secondary N) is 2. The number of aliphatic hydroxyl groups is 3. The number of rotatable bonds is 22. The molecule has 27 nitrogen and oxygen atoms in total. The van der Waals surface area contributed by atoms with E-state index in [4.69, 9.17) is 29.7 Å². The van der Waals surface area contributed by atoms with Crippen LogP contribution in [-0.4, -0.2) is 145 Å². The minimum atomic E-state index is -5.60. The Morgan fingerprint density at radius 2 is 1.70 bits per heavy atom. The summed E-state index contributed by atoms with van der Waals surface area (Å²) < 4.78 is 61.9. The molecule has 0 aliphatic carbocycles. The van der Waals surface area contributed by atoms with Gasteiger partial charge in [-0.3, -0.25) is 32.5 Å². The van der Waals surface area contributed by atoms with Crippen LogP contribution in [0.1, 0.15) is 32.9 Å². The largest absolute Gasteiger partial charge is 0.481 e. The van der Waals surface area contributed by atoms with Gasteiger partial charge in [-0.2, -0.15) is 4.31 Å². The summed E-state index contributed by atoms with van der Waals surface area (Å²) in [6.07, 6.45) is -9.65. The van der Waals surface area contributed by atoms with E-state index in [1.165, 1.54) is 13.8 Å². The molecule has 0 spiro atoms. The third-order valence-corrected chi connectivity index (χ3v) is 11.4. The van der Waals surface area contributed by atoms with Crippen LogP contribution in [0.3, 0.4) is 0 Å². The summed E-state index contributed by atoms with van der Waals surface area (Å²) in [7, 11) is -16.5. The van der Waals surface area contributed by atoms with Gasteiger partial charge in [0.05, 0.1) is 26.0 Å². The van der Waals surface area contributed by atoms with Gasteiger partial charge in [0.25, 0.3) is 0 Å². The van der Waals surface area contributed by atoms with E-state index in [-0.39, 0.29) is 42.2 Å². The van der Waals surface area contributed by atoms with E-state index in [0.29, 0.717) is 11.8 Å². The highest BCUT2D eigenvalue weighted by Gasteiger charge is 2.50. The van der Waals surface area contributed by atoms with E-state index in [2.05, 4.69) is 34.4 Å². The number of thioether (sulfide) groups is 1. The van der Waals surface area contributed by atoms with Crippen LogP contribution >= 0.6 is 35.2 Å². The number of ether oxygens (including phenoxy) is 1. The molecule has 1 aliphatic rings. The highest BCUT2D eigenvalue weighted by molar-refractivity contribution is 8.13. The number of fused-ring (bicyclic) bond motifs is 1. The van der Waals surface area contributed by atoms with Crippen molar-refractivity contribution in [3.05, 3.63) is 12.7 Å². The van der Waals surface area contributed by atoms with Gasteiger partial charge in [0.2, 0.25) is 11.8 Å². The Bertz CT molecular complexity index is 1880. The summed E-state index contributed by atoms with van der Waals surface area (Å²) in [5, 5.41) is 43.2. The zero-order valence-electron chi connectivity index (χ0n) is 29.2. The zero-order chi connectivity index (χ0) is 42.2. The van der Waals surface area contributed by atoms with Crippen LogP contribution in [-0.2, 0) is 55.5 Å². The van der Waals surface area contributed by atoms with Gasteiger partial charge in [0.1, 0.15) is 36.3 Å². The normalized spacial score (nSPS) is 22.2. The number of nitrogens with two attached hydrogens (primary N) is 1. The van der Waals surface area contributed by atoms with Gasteiger partial charge in [-0.15, -0.1) is 0 Å². The Balaban J connectivity index is 1.48. The lowest BCUT2D eigenvalue weighted by Gasteiger charge is -2.30. The molecule has 0 aromatic carbocycles. The van der Waals surface area contributed by atoms with E-state index in [1.807, 2.05) is 0 Å². The quantitative estimate of drug-likeness (QED) is 0.0430. The molecule has 12 N–H and O–H groups in total. The molecule has 2 aromatic heterocycles. The smallest absolute Gasteiger partial charge is 0.479 e. The molecule has 2 aromatic rings. The lowest BCUT2D eigenvalue weighted by atomic mass is 9.87. The van der Waals surface area contributed by atoms with Crippen LogP contribution in [0.4, 0.5) is 5.82 Å². The second-order valence-electron chi connectivity index (χ2n) is 12.3. The van der Waals surface area contributed by atoms with Gasteiger partial charge in [0, 0.05) is 30.7 Å². The minimum absolute atomic E-state index is 0.00567. The van der Waals surface area contributed by atoms with Crippen molar-refractivity contribution in [2.75, 3.05) is 37.8 Å². The molecule has 56 heavy (non-hydrogen) atoms. The lowest BCUT2D eigenvalue weighted by Crippen LogP contribution is -2.46. The Morgan fingerprint density at radius 3 is 2.34 bits per heavy atom. The number of amides is 2. The number of phosphoric ester groups is 3. The third-order valence-electron chi connectivity index (χ3n) is 7.41. The van der Waals surface area contributed by atoms with Crippen LogP contribution < -0.4 is 16.4 Å². The maximum absolute atomic E-state index is 12.6. The highest BCUT2D eigenvalue weighted by atomic mass is 32.2. The Morgan fingerprint density at radius 1 is 1.04 bits per heavy atom. The highest BCUT2D eigenvalue weighted by Crippen LogP contribution is 2.61. The summed E-state index contributed by atoms with van der Waals surface area (Å²) in [6.45, 7) is 0.0347. The molecule has 0 radical (unpaired) electrons. The molecule has 3 heterocycles. The molecule has 2 amide bonds. The standard InChI is InChI=1S/C25H40N7O20P3S/c1-25(2,19(37)22(38)28-4-3-14(34)27-5-6-56-15(35)7-12(33)24(39)40)9-49-55(46,47)52-54(44,45)48-8-13-18(51-53(41,42)43)17(36)23(50-13)32-11-31-16-20(26)29-10-30-21(16)32/h10-13,17-19,23,33,36-37H,3-9H2,1-2H3,(H,27,34)(H,28,38)(H,39,40)(H,44,45)(H,46,47)(H2,26,29,30)(H2,41,42,43). The number of carbonyl (C=O) groups excluding carboxylic acids is 3. The number of carbonyl (C=O) groups is 4. The number of hydrogen-bond donors (Lipinski definition) is 11. The van der Waals surface area contributed by atoms with Crippen molar-refractivity contribution in [1.82, 2.24) is 30.2 Å². The van der Waals surface area contributed by atoms with E-state index in [9.17, 15) is 62.7 Å². The maximum Gasteiger partial charge on any atom is 0.481 e.